The molecule has 1 heterocycles. The third-order valence-electron chi connectivity index (χ3n) is 4.09. The third-order valence-corrected chi connectivity index (χ3v) is 4.09. The van der Waals surface area contributed by atoms with Gasteiger partial charge in [0.15, 0.2) is 0 Å². The molecule has 0 bridgehead atoms. The summed E-state index contributed by atoms with van der Waals surface area (Å²) in [5.74, 6) is 1.29. The first-order chi connectivity index (χ1) is 11.4. The Morgan fingerprint density at radius 3 is 2.46 bits per heavy atom. The molecule has 0 radical (unpaired) electrons. The van der Waals surface area contributed by atoms with E-state index in [0.717, 1.165) is 18.6 Å². The van der Waals surface area contributed by atoms with Crippen LogP contribution in [0.25, 0.3) is 0 Å². The molecule has 0 saturated heterocycles. The highest BCUT2D eigenvalue weighted by molar-refractivity contribution is 5.95. The van der Waals surface area contributed by atoms with E-state index in [1.54, 1.807) is 17.9 Å². The number of nitrogens with one attached hydrogen (secondary N) is 1. The van der Waals surface area contributed by atoms with Crippen molar-refractivity contribution in [3.63, 3.8) is 0 Å². The van der Waals surface area contributed by atoms with Crippen molar-refractivity contribution in [2.24, 2.45) is 0 Å². The van der Waals surface area contributed by atoms with Crippen LogP contribution in [-0.4, -0.2) is 35.8 Å². The molecule has 5 nitrogen and oxygen atoms in total. The van der Waals surface area contributed by atoms with Crippen molar-refractivity contribution in [3.05, 3.63) is 23.2 Å². The zero-order valence-electron chi connectivity index (χ0n) is 15.8. The van der Waals surface area contributed by atoms with Gasteiger partial charge in [-0.25, -0.2) is 0 Å². The number of rotatable bonds is 10. The Morgan fingerprint density at radius 2 is 1.92 bits per heavy atom. The van der Waals surface area contributed by atoms with Gasteiger partial charge in [0.2, 0.25) is 5.91 Å². The summed E-state index contributed by atoms with van der Waals surface area (Å²) in [4.78, 5) is 26.4. The van der Waals surface area contributed by atoms with Gasteiger partial charge in [-0.1, -0.05) is 26.2 Å². The summed E-state index contributed by atoms with van der Waals surface area (Å²) in [6.07, 6.45) is 4.88. The zero-order valence-corrected chi connectivity index (χ0v) is 15.8. The highest BCUT2D eigenvalue weighted by Crippen LogP contribution is 2.17. The van der Waals surface area contributed by atoms with Gasteiger partial charge in [-0.15, -0.1) is 0 Å². The van der Waals surface area contributed by atoms with Gasteiger partial charge in [0.05, 0.1) is 5.56 Å². The van der Waals surface area contributed by atoms with E-state index in [0.29, 0.717) is 30.8 Å². The zero-order chi connectivity index (χ0) is 18.1. The molecule has 0 aliphatic heterocycles. The number of unbranched alkanes of at least 4 members (excludes halogenated alkanes) is 3. The summed E-state index contributed by atoms with van der Waals surface area (Å²) >= 11 is 0. The van der Waals surface area contributed by atoms with Crippen molar-refractivity contribution >= 4 is 11.8 Å². The van der Waals surface area contributed by atoms with Crippen molar-refractivity contribution < 1.29 is 14.0 Å². The van der Waals surface area contributed by atoms with Crippen molar-refractivity contribution in [1.29, 1.82) is 0 Å². The number of hydrogen-bond donors (Lipinski definition) is 1. The first kappa shape index (κ1) is 20.3. The van der Waals surface area contributed by atoms with E-state index in [2.05, 4.69) is 12.2 Å². The van der Waals surface area contributed by atoms with Crippen LogP contribution in [0.5, 0.6) is 0 Å². The summed E-state index contributed by atoms with van der Waals surface area (Å²) in [6, 6.07) is 1.80. The topological polar surface area (TPSA) is 62.6 Å². The molecule has 0 spiro atoms. The van der Waals surface area contributed by atoms with Crippen LogP contribution in [0.3, 0.4) is 0 Å². The highest BCUT2D eigenvalue weighted by atomic mass is 16.3. The first-order valence-electron chi connectivity index (χ1n) is 9.01. The molecule has 1 aromatic rings. The minimum atomic E-state index is -0.0740. The average molecular weight is 336 g/mol. The predicted molar refractivity (Wildman–Crippen MR) is 96.1 cm³/mol. The van der Waals surface area contributed by atoms with E-state index in [4.69, 9.17) is 4.42 Å². The van der Waals surface area contributed by atoms with Crippen molar-refractivity contribution in [1.82, 2.24) is 10.2 Å². The second-order valence-corrected chi connectivity index (χ2v) is 6.58. The van der Waals surface area contributed by atoms with Crippen LogP contribution in [0, 0.1) is 13.8 Å². The van der Waals surface area contributed by atoms with Crippen LogP contribution in [0.2, 0.25) is 0 Å². The monoisotopic (exact) mass is 336 g/mol. The maximum atomic E-state index is 12.7. The smallest absolute Gasteiger partial charge is 0.257 e. The Labute approximate surface area is 145 Å². The van der Waals surface area contributed by atoms with Crippen LogP contribution in [0.1, 0.15) is 74.8 Å². The van der Waals surface area contributed by atoms with Gasteiger partial charge >= 0.3 is 0 Å². The summed E-state index contributed by atoms with van der Waals surface area (Å²) in [5, 5.41) is 2.93. The Balaban J connectivity index is 2.50. The molecule has 0 aliphatic carbocycles. The maximum Gasteiger partial charge on any atom is 0.257 e. The largest absolute Gasteiger partial charge is 0.466 e. The van der Waals surface area contributed by atoms with E-state index >= 15 is 0 Å². The maximum absolute atomic E-state index is 12.7. The molecule has 0 aliphatic rings. The summed E-state index contributed by atoms with van der Waals surface area (Å²) in [5.41, 5.74) is 0.584. The quantitative estimate of drug-likeness (QED) is 0.660. The molecule has 5 heteroatoms. The molecule has 0 aromatic carbocycles. The van der Waals surface area contributed by atoms with Gasteiger partial charge in [-0.05, 0) is 40.2 Å². The minimum Gasteiger partial charge on any atom is -0.466 e. The number of aryl methyl sites for hydroxylation is 2. The second kappa shape index (κ2) is 10.2. The van der Waals surface area contributed by atoms with E-state index < -0.39 is 0 Å². The highest BCUT2D eigenvalue weighted by Gasteiger charge is 2.23. The fraction of sp³-hybridized carbons (Fsp3) is 0.684. The number of nitrogens with zero attached hydrogens (tertiary/aromatic N) is 1. The van der Waals surface area contributed by atoms with E-state index in [9.17, 15) is 9.59 Å². The molecule has 0 fully saturated rings. The predicted octanol–water partition coefficient (Wildman–Crippen LogP) is 3.83. The SMILES string of the molecule is CCCCCCNC(=O)CCN(C(=O)c1cc(C)oc1C)C(C)C. The number of amides is 2. The molecule has 1 rings (SSSR count). The molecule has 0 saturated carbocycles. The van der Waals surface area contributed by atoms with Crippen molar-refractivity contribution in [2.45, 2.75) is 72.8 Å². The average Bonchev–Trinajstić information content (AvgIpc) is 2.85. The van der Waals surface area contributed by atoms with Crippen LogP contribution < -0.4 is 5.32 Å². The van der Waals surface area contributed by atoms with Crippen molar-refractivity contribution in [2.75, 3.05) is 13.1 Å². The lowest BCUT2D eigenvalue weighted by atomic mass is 10.1. The van der Waals surface area contributed by atoms with Crippen LogP contribution in [-0.2, 0) is 4.79 Å². The van der Waals surface area contributed by atoms with Crippen LogP contribution >= 0.6 is 0 Å². The fourth-order valence-electron chi connectivity index (χ4n) is 2.68. The number of furan rings is 1. The molecular formula is C19H32N2O3. The Morgan fingerprint density at radius 1 is 1.21 bits per heavy atom. The molecule has 24 heavy (non-hydrogen) atoms. The molecule has 1 aromatic heterocycles. The Kier molecular flexibility index (Phi) is 8.58. The number of carbonyl (C=O) groups excluding carboxylic acids is 2. The lowest BCUT2D eigenvalue weighted by molar-refractivity contribution is -0.121. The molecule has 2 amide bonds. The Bertz CT molecular complexity index is 535. The molecule has 1 N–H and O–H groups in total. The molecular weight excluding hydrogens is 304 g/mol. The number of hydrogen-bond acceptors (Lipinski definition) is 3. The van der Waals surface area contributed by atoms with Gasteiger partial charge < -0.3 is 14.6 Å². The van der Waals surface area contributed by atoms with E-state index in [1.165, 1.54) is 12.8 Å². The first-order valence-corrected chi connectivity index (χ1v) is 9.01. The minimum absolute atomic E-state index is 0.00467. The van der Waals surface area contributed by atoms with Crippen LogP contribution in [0.4, 0.5) is 0 Å². The summed E-state index contributed by atoms with van der Waals surface area (Å²) < 4.78 is 5.45. The van der Waals surface area contributed by atoms with Crippen molar-refractivity contribution in [3.8, 4) is 0 Å². The number of carbonyl (C=O) groups is 2. The third kappa shape index (κ3) is 6.38. The van der Waals surface area contributed by atoms with Gasteiger partial charge in [0, 0.05) is 25.6 Å². The molecule has 136 valence electrons. The normalized spacial score (nSPS) is 10.9. The van der Waals surface area contributed by atoms with Gasteiger partial charge in [0.25, 0.3) is 5.91 Å². The molecule has 0 atom stereocenters. The van der Waals surface area contributed by atoms with Gasteiger partial charge in [-0.3, -0.25) is 9.59 Å². The fourth-order valence-corrected chi connectivity index (χ4v) is 2.68. The standard InChI is InChI=1S/C19H32N2O3/c1-6-7-8-9-11-20-18(22)10-12-21(14(2)3)19(23)17-13-15(4)24-16(17)5/h13-14H,6-12H2,1-5H3,(H,20,22). The van der Waals surface area contributed by atoms with Crippen LogP contribution in [0.15, 0.2) is 10.5 Å². The van der Waals surface area contributed by atoms with Gasteiger partial charge in [0.1, 0.15) is 11.5 Å². The van der Waals surface area contributed by atoms with E-state index in [1.807, 2.05) is 20.8 Å². The lowest BCUT2D eigenvalue weighted by Crippen LogP contribution is -2.40. The van der Waals surface area contributed by atoms with Gasteiger partial charge in [-0.2, -0.15) is 0 Å². The Hall–Kier alpha value is -1.78. The molecule has 0 unspecified atom stereocenters. The summed E-state index contributed by atoms with van der Waals surface area (Å²) in [6.45, 7) is 10.8. The lowest BCUT2D eigenvalue weighted by Gasteiger charge is -2.26. The summed E-state index contributed by atoms with van der Waals surface area (Å²) in [7, 11) is 0. The van der Waals surface area contributed by atoms with E-state index in [-0.39, 0.29) is 17.9 Å². The second-order valence-electron chi connectivity index (χ2n) is 6.58.